The molecule has 0 aliphatic carbocycles. The number of carbonyl (C=O) groups excluding carboxylic acids is 1. The maximum Gasteiger partial charge on any atom is 0.240 e. The van der Waals surface area contributed by atoms with E-state index in [9.17, 15) is 4.79 Å². The van der Waals surface area contributed by atoms with Crippen LogP contribution in [0.25, 0.3) is 0 Å². The van der Waals surface area contributed by atoms with Crippen molar-refractivity contribution in [2.75, 3.05) is 25.0 Å². The summed E-state index contributed by atoms with van der Waals surface area (Å²) >= 11 is 1.33. The number of nitrogens with zero attached hydrogens (tertiary/aromatic N) is 4. The molecule has 7 nitrogen and oxygen atoms in total. The fourth-order valence-electron chi connectivity index (χ4n) is 2.49. The fraction of sp³-hybridized carbons (Fsp3) is 0.500. The maximum atomic E-state index is 11.9. The first-order valence-electron chi connectivity index (χ1n) is 6.59. The second kappa shape index (κ2) is 6.10. The number of carbonyl (C=O) groups is 1. The van der Waals surface area contributed by atoms with Crippen molar-refractivity contribution in [1.29, 1.82) is 0 Å². The Kier molecular flexibility index (Phi) is 4.03. The third kappa shape index (κ3) is 3.20. The minimum absolute atomic E-state index is 0.0262. The highest BCUT2D eigenvalue weighted by Crippen LogP contribution is 2.26. The molecule has 0 spiro atoms. The summed E-state index contributed by atoms with van der Waals surface area (Å²) in [5.74, 6) is 0.502. The smallest absolute Gasteiger partial charge is 0.240 e. The third-order valence-electron chi connectivity index (χ3n) is 3.52. The van der Waals surface area contributed by atoms with Crippen molar-refractivity contribution in [3.05, 3.63) is 23.5 Å². The minimum Gasteiger partial charge on any atom is -0.299 e. The number of hydrogen-bond acceptors (Lipinski definition) is 6. The lowest BCUT2D eigenvalue weighted by Crippen LogP contribution is -2.38. The number of likely N-dealkylation sites (tertiary alicyclic amines) is 1. The molecule has 1 amide bonds. The van der Waals surface area contributed by atoms with E-state index in [0.29, 0.717) is 17.6 Å². The molecule has 1 aliphatic rings. The van der Waals surface area contributed by atoms with Gasteiger partial charge in [0.15, 0.2) is 0 Å². The van der Waals surface area contributed by atoms with Gasteiger partial charge in [0.05, 0.1) is 6.54 Å². The molecule has 2 N–H and O–H groups in total. The normalized spacial score (nSPS) is 17.2. The summed E-state index contributed by atoms with van der Waals surface area (Å²) in [6.07, 6.45) is 3.89. The highest BCUT2D eigenvalue weighted by atomic mass is 32.1. The fourth-order valence-corrected chi connectivity index (χ4v) is 2.95. The summed E-state index contributed by atoms with van der Waals surface area (Å²) in [5, 5.41) is 17.8. The molecule has 20 heavy (non-hydrogen) atoms. The van der Waals surface area contributed by atoms with Gasteiger partial charge in [0, 0.05) is 17.8 Å². The summed E-state index contributed by atoms with van der Waals surface area (Å²) < 4.78 is 0. The van der Waals surface area contributed by atoms with Crippen molar-refractivity contribution in [2.45, 2.75) is 18.8 Å². The van der Waals surface area contributed by atoms with E-state index in [-0.39, 0.29) is 5.91 Å². The van der Waals surface area contributed by atoms with Gasteiger partial charge in [-0.2, -0.15) is 5.10 Å². The van der Waals surface area contributed by atoms with Gasteiger partial charge in [-0.05, 0) is 32.0 Å². The van der Waals surface area contributed by atoms with E-state index in [4.69, 9.17) is 0 Å². The molecule has 1 fully saturated rings. The summed E-state index contributed by atoms with van der Waals surface area (Å²) in [5.41, 5.74) is 2.80. The van der Waals surface area contributed by atoms with Gasteiger partial charge in [0.1, 0.15) is 5.51 Å². The zero-order valence-corrected chi connectivity index (χ0v) is 11.8. The van der Waals surface area contributed by atoms with Crippen molar-refractivity contribution in [1.82, 2.24) is 25.3 Å². The molecule has 1 aliphatic heterocycles. The molecule has 2 aromatic heterocycles. The molecule has 0 bridgehead atoms. The van der Waals surface area contributed by atoms with Gasteiger partial charge in [0.2, 0.25) is 11.0 Å². The molecule has 0 saturated carbocycles. The Morgan fingerprint density at radius 1 is 1.50 bits per heavy atom. The number of aromatic amines is 1. The van der Waals surface area contributed by atoms with Crippen LogP contribution in [0.1, 0.15) is 24.5 Å². The lowest BCUT2D eigenvalue weighted by molar-refractivity contribution is -0.117. The first kappa shape index (κ1) is 13.2. The number of H-pyrrole nitrogens is 1. The Morgan fingerprint density at radius 2 is 2.35 bits per heavy atom. The zero-order valence-electron chi connectivity index (χ0n) is 11.0. The van der Waals surface area contributed by atoms with Crippen molar-refractivity contribution >= 4 is 22.4 Å². The molecule has 0 radical (unpaired) electrons. The standard InChI is InChI=1S/C12H16N6OS/c19-11(15-12-17-14-8-20-12)7-18-5-2-9(3-6-18)10-1-4-13-16-10/h1,4,8-9H,2-3,5-7H2,(H,13,16)(H,15,17,19). The molecule has 3 heterocycles. The zero-order chi connectivity index (χ0) is 13.8. The quantitative estimate of drug-likeness (QED) is 0.880. The third-order valence-corrected chi connectivity index (χ3v) is 4.13. The number of hydrogen-bond donors (Lipinski definition) is 2. The molecule has 0 unspecified atom stereocenters. The van der Waals surface area contributed by atoms with E-state index >= 15 is 0 Å². The van der Waals surface area contributed by atoms with Crippen molar-refractivity contribution in [3.63, 3.8) is 0 Å². The predicted octanol–water partition coefficient (Wildman–Crippen LogP) is 1.08. The minimum atomic E-state index is -0.0262. The molecule has 1 saturated heterocycles. The summed E-state index contributed by atoms with van der Waals surface area (Å²) in [6.45, 7) is 2.26. The number of piperidine rings is 1. The maximum absolute atomic E-state index is 11.9. The second-order valence-electron chi connectivity index (χ2n) is 4.85. The van der Waals surface area contributed by atoms with Crippen LogP contribution < -0.4 is 5.32 Å². The van der Waals surface area contributed by atoms with Crippen LogP contribution in [0.5, 0.6) is 0 Å². The predicted molar refractivity (Wildman–Crippen MR) is 75.5 cm³/mol. The second-order valence-corrected chi connectivity index (χ2v) is 5.69. The highest BCUT2D eigenvalue weighted by molar-refractivity contribution is 7.13. The number of rotatable bonds is 4. The van der Waals surface area contributed by atoms with Gasteiger partial charge in [-0.1, -0.05) is 11.3 Å². The summed E-state index contributed by atoms with van der Waals surface area (Å²) in [4.78, 5) is 14.0. The van der Waals surface area contributed by atoms with Crippen LogP contribution >= 0.6 is 11.3 Å². The lowest BCUT2D eigenvalue weighted by Gasteiger charge is -2.30. The number of amides is 1. The van der Waals surface area contributed by atoms with E-state index in [0.717, 1.165) is 25.9 Å². The van der Waals surface area contributed by atoms with Gasteiger partial charge < -0.3 is 0 Å². The summed E-state index contributed by atoms with van der Waals surface area (Å²) in [7, 11) is 0. The van der Waals surface area contributed by atoms with E-state index in [2.05, 4.69) is 30.6 Å². The van der Waals surface area contributed by atoms with Gasteiger partial charge in [-0.15, -0.1) is 10.2 Å². The molecular formula is C12H16N6OS. The largest absolute Gasteiger partial charge is 0.299 e. The number of anilines is 1. The average molecular weight is 292 g/mol. The summed E-state index contributed by atoms with van der Waals surface area (Å²) in [6, 6.07) is 2.03. The molecule has 8 heteroatoms. The van der Waals surface area contributed by atoms with Crippen LogP contribution in [-0.2, 0) is 4.79 Å². The topological polar surface area (TPSA) is 86.8 Å². The van der Waals surface area contributed by atoms with Crippen LogP contribution in [0.3, 0.4) is 0 Å². The Morgan fingerprint density at radius 3 is 3.00 bits per heavy atom. The van der Waals surface area contributed by atoms with Gasteiger partial charge >= 0.3 is 0 Å². The van der Waals surface area contributed by atoms with E-state index < -0.39 is 0 Å². The monoisotopic (exact) mass is 292 g/mol. The molecule has 0 atom stereocenters. The van der Waals surface area contributed by atoms with Gasteiger partial charge in [-0.25, -0.2) is 0 Å². The SMILES string of the molecule is O=C(CN1CCC(c2ccn[nH]2)CC1)Nc1nncs1. The van der Waals surface area contributed by atoms with Crippen LogP contribution in [0.15, 0.2) is 17.8 Å². The van der Waals surface area contributed by atoms with Crippen LogP contribution in [0, 0.1) is 0 Å². The van der Waals surface area contributed by atoms with Crippen molar-refractivity contribution < 1.29 is 4.79 Å². The highest BCUT2D eigenvalue weighted by Gasteiger charge is 2.22. The van der Waals surface area contributed by atoms with Crippen LogP contribution in [0.4, 0.5) is 5.13 Å². The Bertz CT molecular complexity index is 532. The molecule has 0 aromatic carbocycles. The van der Waals surface area contributed by atoms with E-state index in [1.165, 1.54) is 17.0 Å². The van der Waals surface area contributed by atoms with Crippen LogP contribution in [-0.4, -0.2) is 50.8 Å². The first-order chi connectivity index (χ1) is 9.81. The molecule has 2 aromatic rings. The van der Waals surface area contributed by atoms with Crippen molar-refractivity contribution in [2.24, 2.45) is 0 Å². The van der Waals surface area contributed by atoms with E-state index in [1.807, 2.05) is 6.07 Å². The van der Waals surface area contributed by atoms with Gasteiger partial charge in [-0.3, -0.25) is 20.1 Å². The molecular weight excluding hydrogens is 276 g/mol. The average Bonchev–Trinajstić information content (AvgIpc) is 3.12. The molecule has 106 valence electrons. The number of nitrogens with one attached hydrogen (secondary N) is 2. The Balaban J connectivity index is 1.45. The van der Waals surface area contributed by atoms with Crippen LogP contribution in [0.2, 0.25) is 0 Å². The van der Waals surface area contributed by atoms with E-state index in [1.54, 1.807) is 11.7 Å². The van der Waals surface area contributed by atoms with Gasteiger partial charge in [0.25, 0.3) is 0 Å². The lowest BCUT2D eigenvalue weighted by atomic mass is 9.94. The first-order valence-corrected chi connectivity index (χ1v) is 7.47. The number of aromatic nitrogens is 4. The van der Waals surface area contributed by atoms with Crippen molar-refractivity contribution in [3.8, 4) is 0 Å². The Labute approximate surface area is 120 Å². The molecule has 3 rings (SSSR count). The Hall–Kier alpha value is -1.80.